The van der Waals surface area contributed by atoms with E-state index in [4.69, 9.17) is 4.74 Å². The van der Waals surface area contributed by atoms with Gasteiger partial charge in [-0.1, -0.05) is 0 Å². The number of amides is 1. The average molecular weight is 246 g/mol. The zero-order valence-electron chi connectivity index (χ0n) is 10.3. The van der Waals surface area contributed by atoms with Crippen molar-refractivity contribution in [1.29, 1.82) is 0 Å². The molecule has 0 spiro atoms. The Morgan fingerprint density at radius 1 is 1.62 bits per heavy atom. The van der Waals surface area contributed by atoms with E-state index in [1.807, 2.05) is 0 Å². The fraction of sp³-hybridized carbons (Fsp3) is 0.909. The zero-order valence-corrected chi connectivity index (χ0v) is 11.2. The van der Waals surface area contributed by atoms with Crippen LogP contribution in [-0.4, -0.2) is 49.3 Å². The second-order valence-electron chi connectivity index (χ2n) is 4.64. The van der Waals surface area contributed by atoms with Crippen molar-refractivity contribution >= 4 is 17.7 Å². The second kappa shape index (κ2) is 6.47. The number of carbonyl (C=O) groups is 1. The summed E-state index contributed by atoms with van der Waals surface area (Å²) in [6, 6.07) is 0. The molecule has 0 saturated carbocycles. The molecule has 16 heavy (non-hydrogen) atoms. The molecule has 4 nitrogen and oxygen atoms in total. The van der Waals surface area contributed by atoms with Crippen molar-refractivity contribution in [2.24, 2.45) is 0 Å². The summed E-state index contributed by atoms with van der Waals surface area (Å²) < 4.78 is 5.58. The van der Waals surface area contributed by atoms with Crippen LogP contribution >= 0.6 is 11.8 Å². The molecule has 0 radical (unpaired) electrons. The van der Waals surface area contributed by atoms with E-state index in [0.717, 1.165) is 13.1 Å². The summed E-state index contributed by atoms with van der Waals surface area (Å²) in [5, 5.41) is 6.17. The Balaban J connectivity index is 2.19. The van der Waals surface area contributed by atoms with Gasteiger partial charge in [0.2, 0.25) is 5.91 Å². The minimum atomic E-state index is 0.0335. The van der Waals surface area contributed by atoms with Crippen molar-refractivity contribution in [3.8, 4) is 0 Å². The number of ether oxygens (including phenoxy) is 1. The Hall–Kier alpha value is -0.260. The fourth-order valence-corrected chi connectivity index (χ4v) is 1.63. The molecule has 1 amide bonds. The van der Waals surface area contributed by atoms with E-state index in [-0.39, 0.29) is 16.8 Å². The van der Waals surface area contributed by atoms with Gasteiger partial charge in [0.1, 0.15) is 0 Å². The van der Waals surface area contributed by atoms with Crippen molar-refractivity contribution < 1.29 is 9.53 Å². The Morgan fingerprint density at radius 2 is 2.38 bits per heavy atom. The van der Waals surface area contributed by atoms with Crippen LogP contribution in [0.15, 0.2) is 0 Å². The number of nitrogens with one attached hydrogen (secondary N) is 2. The Morgan fingerprint density at radius 3 is 2.94 bits per heavy atom. The Labute approximate surface area is 102 Å². The minimum absolute atomic E-state index is 0.0335. The summed E-state index contributed by atoms with van der Waals surface area (Å²) in [7, 11) is 0. The summed E-state index contributed by atoms with van der Waals surface area (Å²) in [4.78, 5) is 11.6. The smallest absolute Gasteiger partial charge is 0.222 e. The summed E-state index contributed by atoms with van der Waals surface area (Å²) in [6.45, 7) is 7.31. The van der Waals surface area contributed by atoms with Crippen molar-refractivity contribution in [1.82, 2.24) is 10.6 Å². The van der Waals surface area contributed by atoms with Gasteiger partial charge in [0.15, 0.2) is 0 Å². The van der Waals surface area contributed by atoms with Crippen LogP contribution < -0.4 is 10.6 Å². The first-order valence-electron chi connectivity index (χ1n) is 5.68. The lowest BCUT2D eigenvalue weighted by Crippen LogP contribution is -2.43. The fourth-order valence-electron chi connectivity index (χ4n) is 1.41. The zero-order chi connectivity index (χ0) is 12.0. The van der Waals surface area contributed by atoms with Crippen molar-refractivity contribution in [2.45, 2.75) is 31.1 Å². The van der Waals surface area contributed by atoms with E-state index in [1.54, 1.807) is 11.8 Å². The van der Waals surface area contributed by atoms with Gasteiger partial charge in [-0.2, -0.15) is 11.8 Å². The van der Waals surface area contributed by atoms with Crippen LogP contribution in [0.1, 0.15) is 20.3 Å². The normalized spacial score (nSPS) is 21.8. The highest BCUT2D eigenvalue weighted by atomic mass is 32.2. The monoisotopic (exact) mass is 246 g/mol. The Bertz CT molecular complexity index is 228. The van der Waals surface area contributed by atoms with Crippen molar-refractivity contribution in [3.05, 3.63) is 0 Å². The summed E-state index contributed by atoms with van der Waals surface area (Å²) in [5.74, 6) is 0.0795. The molecule has 1 saturated heterocycles. The molecule has 1 aliphatic rings. The van der Waals surface area contributed by atoms with Crippen LogP contribution in [0.3, 0.4) is 0 Å². The molecule has 0 aromatic rings. The molecule has 0 bridgehead atoms. The lowest BCUT2D eigenvalue weighted by atomic mass is 10.2. The number of morpholine rings is 1. The van der Waals surface area contributed by atoms with Crippen LogP contribution in [-0.2, 0) is 9.53 Å². The van der Waals surface area contributed by atoms with Gasteiger partial charge < -0.3 is 15.4 Å². The third-order valence-electron chi connectivity index (χ3n) is 2.68. The van der Waals surface area contributed by atoms with Gasteiger partial charge in [0.25, 0.3) is 0 Å². The van der Waals surface area contributed by atoms with Crippen LogP contribution in [0, 0.1) is 0 Å². The molecule has 1 unspecified atom stereocenters. The number of hydrogen-bond donors (Lipinski definition) is 2. The highest BCUT2D eigenvalue weighted by Gasteiger charge is 2.20. The van der Waals surface area contributed by atoms with Gasteiger partial charge in [-0.05, 0) is 20.1 Å². The topological polar surface area (TPSA) is 50.4 Å². The highest BCUT2D eigenvalue weighted by molar-refractivity contribution is 7.99. The van der Waals surface area contributed by atoms with E-state index in [0.29, 0.717) is 19.6 Å². The van der Waals surface area contributed by atoms with E-state index in [9.17, 15) is 4.79 Å². The summed E-state index contributed by atoms with van der Waals surface area (Å²) in [6.07, 6.45) is 2.55. The first-order chi connectivity index (χ1) is 7.53. The quantitative estimate of drug-likeness (QED) is 0.747. The highest BCUT2D eigenvalue weighted by Crippen LogP contribution is 2.19. The third kappa shape index (κ3) is 5.18. The van der Waals surface area contributed by atoms with Crippen molar-refractivity contribution in [3.63, 3.8) is 0 Å². The van der Waals surface area contributed by atoms with Gasteiger partial charge in [-0.15, -0.1) is 0 Å². The van der Waals surface area contributed by atoms with Crippen molar-refractivity contribution in [2.75, 3.05) is 32.5 Å². The largest absolute Gasteiger partial charge is 0.375 e. The maximum Gasteiger partial charge on any atom is 0.222 e. The van der Waals surface area contributed by atoms with Gasteiger partial charge in [-0.25, -0.2) is 0 Å². The maximum absolute atomic E-state index is 11.6. The molecule has 1 heterocycles. The first kappa shape index (κ1) is 13.8. The molecule has 1 rings (SSSR count). The average Bonchev–Trinajstić information content (AvgIpc) is 2.28. The molecule has 5 heteroatoms. The Kier molecular flexibility index (Phi) is 5.58. The standard InChI is InChI=1S/C11H22N2O2S/c1-11(2,16-3)8-13-10(14)6-9-7-12-4-5-15-9/h9,12H,4-8H2,1-3H3,(H,13,14). The van der Waals surface area contributed by atoms with Crippen LogP contribution in [0.5, 0.6) is 0 Å². The maximum atomic E-state index is 11.6. The lowest BCUT2D eigenvalue weighted by Gasteiger charge is -2.25. The van der Waals surface area contributed by atoms with Crippen LogP contribution in [0.4, 0.5) is 0 Å². The van der Waals surface area contributed by atoms with E-state index >= 15 is 0 Å². The molecule has 1 fully saturated rings. The molecule has 2 N–H and O–H groups in total. The summed E-state index contributed by atoms with van der Waals surface area (Å²) >= 11 is 1.76. The third-order valence-corrected chi connectivity index (χ3v) is 3.93. The van der Waals surface area contributed by atoms with Gasteiger partial charge in [0, 0.05) is 24.4 Å². The SMILES string of the molecule is CSC(C)(C)CNC(=O)CC1CNCCO1. The molecule has 0 aliphatic carbocycles. The number of rotatable bonds is 5. The molecule has 0 aromatic heterocycles. The number of carbonyl (C=O) groups excluding carboxylic acids is 1. The number of thioether (sulfide) groups is 1. The molecule has 0 aromatic carbocycles. The second-order valence-corrected chi connectivity index (χ2v) is 6.16. The number of hydrogen-bond acceptors (Lipinski definition) is 4. The molecule has 94 valence electrons. The van der Waals surface area contributed by atoms with E-state index < -0.39 is 0 Å². The van der Waals surface area contributed by atoms with Gasteiger partial charge >= 0.3 is 0 Å². The predicted octanol–water partition coefficient (Wildman–Crippen LogP) is 0.623. The first-order valence-corrected chi connectivity index (χ1v) is 6.90. The van der Waals surface area contributed by atoms with Gasteiger partial charge in [0.05, 0.1) is 19.1 Å². The van der Waals surface area contributed by atoms with Crippen LogP contribution in [0.25, 0.3) is 0 Å². The molecule has 1 atom stereocenters. The predicted molar refractivity (Wildman–Crippen MR) is 67.8 cm³/mol. The summed E-state index contributed by atoms with van der Waals surface area (Å²) in [5.41, 5.74) is 0. The van der Waals surface area contributed by atoms with Crippen LogP contribution in [0.2, 0.25) is 0 Å². The lowest BCUT2D eigenvalue weighted by molar-refractivity contribution is -0.124. The van der Waals surface area contributed by atoms with E-state index in [1.165, 1.54) is 0 Å². The van der Waals surface area contributed by atoms with E-state index in [2.05, 4.69) is 30.7 Å². The van der Waals surface area contributed by atoms with Gasteiger partial charge in [-0.3, -0.25) is 4.79 Å². The molecular weight excluding hydrogens is 224 g/mol. The molecular formula is C11H22N2O2S. The minimum Gasteiger partial charge on any atom is -0.375 e. The molecule has 1 aliphatic heterocycles.